The van der Waals surface area contributed by atoms with Crippen LogP contribution in [0.5, 0.6) is 0 Å². The van der Waals surface area contributed by atoms with Gasteiger partial charge in [0, 0.05) is 48.8 Å². The molecular formula is C25H30N6OS. The molecule has 0 radical (unpaired) electrons. The van der Waals surface area contributed by atoms with E-state index in [1.807, 2.05) is 0 Å². The lowest BCUT2D eigenvalue weighted by atomic mass is 9.97. The van der Waals surface area contributed by atoms with Crippen LogP contribution in [-0.2, 0) is 17.2 Å². The summed E-state index contributed by atoms with van der Waals surface area (Å²) in [6.45, 7) is 5.40. The van der Waals surface area contributed by atoms with Gasteiger partial charge < -0.3 is 20.6 Å². The Labute approximate surface area is 196 Å². The van der Waals surface area contributed by atoms with Gasteiger partial charge in [0.1, 0.15) is 11.4 Å². The van der Waals surface area contributed by atoms with Crippen molar-refractivity contribution in [3.05, 3.63) is 53.6 Å². The van der Waals surface area contributed by atoms with Gasteiger partial charge in [-0.3, -0.25) is 4.36 Å². The van der Waals surface area contributed by atoms with E-state index < -0.39 is 5.60 Å². The molecule has 0 spiro atoms. The standard InChI is InChI=1S/C25H30N6OS/c1-17-6-9-21-20(12-17)23(27-16-25(32)14-26-15-25)29-24(28-21)31-10-11-33(30-19-7-8-19)22-5-3-2-4-18(22)13-31/h2-6,9,12,19,26,32H,7-8,10-11,13-16H2,1H3,(H,27,28,29). The van der Waals surface area contributed by atoms with Crippen LogP contribution in [0, 0.1) is 6.92 Å². The van der Waals surface area contributed by atoms with Crippen molar-refractivity contribution >= 4 is 33.4 Å². The number of hydrogen-bond donors (Lipinski definition) is 3. The lowest BCUT2D eigenvalue weighted by Gasteiger charge is -2.37. The molecule has 6 rings (SSSR count). The molecule has 3 N–H and O–H groups in total. The van der Waals surface area contributed by atoms with E-state index in [1.165, 1.54) is 28.9 Å². The lowest BCUT2D eigenvalue weighted by molar-refractivity contribution is 0.00308. The minimum absolute atomic E-state index is 0.0713. The fraction of sp³-hybridized carbons (Fsp3) is 0.440. The van der Waals surface area contributed by atoms with E-state index in [4.69, 9.17) is 14.3 Å². The molecule has 1 aliphatic carbocycles. The van der Waals surface area contributed by atoms with Crippen molar-refractivity contribution in [3.63, 3.8) is 0 Å². The molecule has 1 unspecified atom stereocenters. The normalized spacial score (nSPS) is 22.0. The quantitative estimate of drug-likeness (QED) is 0.541. The lowest BCUT2D eigenvalue weighted by Crippen LogP contribution is -2.63. The maximum Gasteiger partial charge on any atom is 0.228 e. The smallest absolute Gasteiger partial charge is 0.228 e. The fourth-order valence-corrected chi connectivity index (χ4v) is 6.46. The zero-order chi connectivity index (χ0) is 22.4. The second-order valence-electron chi connectivity index (χ2n) is 9.51. The molecule has 1 atom stereocenters. The van der Waals surface area contributed by atoms with Crippen molar-refractivity contribution in [2.24, 2.45) is 4.36 Å². The summed E-state index contributed by atoms with van der Waals surface area (Å²) in [5.74, 6) is 2.52. The summed E-state index contributed by atoms with van der Waals surface area (Å²) in [7, 11) is -0.0713. The van der Waals surface area contributed by atoms with Crippen LogP contribution >= 0.6 is 0 Å². The van der Waals surface area contributed by atoms with Crippen molar-refractivity contribution in [3.8, 4) is 0 Å². The maximum absolute atomic E-state index is 10.6. The number of aromatic nitrogens is 2. The van der Waals surface area contributed by atoms with Crippen LogP contribution in [0.15, 0.2) is 51.7 Å². The van der Waals surface area contributed by atoms with Gasteiger partial charge in [0.2, 0.25) is 5.95 Å². The van der Waals surface area contributed by atoms with Gasteiger partial charge >= 0.3 is 0 Å². The van der Waals surface area contributed by atoms with Gasteiger partial charge in [-0.1, -0.05) is 40.5 Å². The maximum atomic E-state index is 10.6. The highest BCUT2D eigenvalue weighted by Gasteiger charge is 2.34. The van der Waals surface area contributed by atoms with E-state index in [2.05, 4.69) is 64.9 Å². The Morgan fingerprint density at radius 3 is 2.85 bits per heavy atom. The summed E-state index contributed by atoms with van der Waals surface area (Å²) < 4.78 is 5.14. The molecule has 33 heavy (non-hydrogen) atoms. The number of hydrogen-bond acceptors (Lipinski definition) is 7. The molecule has 7 nitrogen and oxygen atoms in total. The number of benzene rings is 2. The number of nitrogens with one attached hydrogen (secondary N) is 2. The second-order valence-corrected chi connectivity index (χ2v) is 11.3. The Morgan fingerprint density at radius 2 is 2.06 bits per heavy atom. The van der Waals surface area contributed by atoms with Crippen molar-refractivity contribution < 1.29 is 5.11 Å². The number of rotatable bonds is 5. The fourth-order valence-electron chi connectivity index (χ4n) is 4.39. The van der Waals surface area contributed by atoms with E-state index in [0.29, 0.717) is 25.7 Å². The van der Waals surface area contributed by atoms with Crippen LogP contribution in [0.4, 0.5) is 11.8 Å². The third-order valence-corrected chi connectivity index (χ3v) is 8.61. The van der Waals surface area contributed by atoms with Gasteiger partial charge in [0.25, 0.3) is 0 Å². The molecule has 1 aromatic heterocycles. The van der Waals surface area contributed by atoms with Gasteiger partial charge in [-0.05, 0) is 43.5 Å². The first-order chi connectivity index (χ1) is 16.1. The molecular weight excluding hydrogens is 432 g/mol. The molecule has 0 bridgehead atoms. The zero-order valence-electron chi connectivity index (χ0n) is 18.9. The van der Waals surface area contributed by atoms with Crippen LogP contribution in [-0.4, -0.2) is 58.6 Å². The molecule has 2 fully saturated rings. The third kappa shape index (κ3) is 4.35. The van der Waals surface area contributed by atoms with Crippen LogP contribution in [0.1, 0.15) is 24.0 Å². The van der Waals surface area contributed by atoms with Crippen LogP contribution in [0.3, 0.4) is 0 Å². The summed E-state index contributed by atoms with van der Waals surface area (Å²) >= 11 is 0. The molecule has 172 valence electrons. The Morgan fingerprint density at radius 1 is 1.21 bits per heavy atom. The minimum atomic E-state index is -0.721. The molecule has 8 heteroatoms. The highest BCUT2D eigenvalue weighted by molar-refractivity contribution is 7.87. The Hall–Kier alpha value is -2.55. The van der Waals surface area contributed by atoms with Gasteiger partial charge in [-0.25, -0.2) is 4.98 Å². The monoisotopic (exact) mass is 462 g/mol. The summed E-state index contributed by atoms with van der Waals surface area (Å²) in [6, 6.07) is 15.6. The predicted molar refractivity (Wildman–Crippen MR) is 134 cm³/mol. The van der Waals surface area contributed by atoms with Crippen LogP contribution in [0.2, 0.25) is 0 Å². The zero-order valence-corrected chi connectivity index (χ0v) is 19.7. The van der Waals surface area contributed by atoms with E-state index >= 15 is 0 Å². The summed E-state index contributed by atoms with van der Waals surface area (Å²) in [5, 5.41) is 18.2. The largest absolute Gasteiger partial charge is 0.385 e. The SMILES string of the molecule is Cc1ccc2nc(N3CCS(=NC4CC4)c4ccccc4C3)nc(NCC3(O)CNC3)c2c1. The predicted octanol–water partition coefficient (Wildman–Crippen LogP) is 3.03. The van der Waals surface area contributed by atoms with Gasteiger partial charge in [-0.2, -0.15) is 4.98 Å². The first-order valence-electron chi connectivity index (χ1n) is 11.8. The summed E-state index contributed by atoms with van der Waals surface area (Å²) in [5.41, 5.74) is 2.69. The molecule has 0 amide bonds. The number of nitrogens with zero attached hydrogens (tertiary/aromatic N) is 4. The van der Waals surface area contributed by atoms with E-state index in [0.717, 1.165) is 41.5 Å². The minimum Gasteiger partial charge on any atom is -0.385 e. The van der Waals surface area contributed by atoms with Gasteiger partial charge in [0.15, 0.2) is 0 Å². The number of aryl methyl sites for hydroxylation is 1. The molecule has 3 aliphatic rings. The van der Waals surface area contributed by atoms with Crippen molar-refractivity contribution in [2.75, 3.05) is 42.1 Å². The molecule has 3 heterocycles. The van der Waals surface area contributed by atoms with Gasteiger partial charge in [0.05, 0.1) is 11.6 Å². The van der Waals surface area contributed by atoms with Crippen molar-refractivity contribution in [1.82, 2.24) is 15.3 Å². The first kappa shape index (κ1) is 21.0. The molecule has 3 aromatic rings. The summed E-state index contributed by atoms with van der Waals surface area (Å²) in [4.78, 5) is 13.6. The highest BCUT2D eigenvalue weighted by atomic mass is 32.2. The van der Waals surface area contributed by atoms with E-state index in [-0.39, 0.29) is 10.7 Å². The average Bonchev–Trinajstić information content (AvgIpc) is 3.64. The highest BCUT2D eigenvalue weighted by Crippen LogP contribution is 2.31. The number of anilines is 2. The molecule has 2 aromatic carbocycles. The Bertz CT molecular complexity index is 1240. The molecule has 1 saturated heterocycles. The van der Waals surface area contributed by atoms with Crippen LogP contribution in [0.25, 0.3) is 10.9 Å². The topological polar surface area (TPSA) is 85.7 Å². The van der Waals surface area contributed by atoms with Crippen molar-refractivity contribution in [2.45, 2.75) is 42.8 Å². The first-order valence-corrected chi connectivity index (χ1v) is 13.1. The van der Waals surface area contributed by atoms with Crippen molar-refractivity contribution in [1.29, 1.82) is 0 Å². The Kier molecular flexibility index (Phi) is 5.31. The Balaban J connectivity index is 1.36. The molecule has 2 aliphatic heterocycles. The number of fused-ring (bicyclic) bond motifs is 2. The van der Waals surface area contributed by atoms with Crippen LogP contribution < -0.4 is 15.5 Å². The van der Waals surface area contributed by atoms with E-state index in [9.17, 15) is 5.11 Å². The van der Waals surface area contributed by atoms with Gasteiger partial charge in [-0.15, -0.1) is 0 Å². The molecule has 1 saturated carbocycles. The average molecular weight is 463 g/mol. The van der Waals surface area contributed by atoms with E-state index in [1.54, 1.807) is 0 Å². The second kappa shape index (κ2) is 8.34. The third-order valence-electron chi connectivity index (χ3n) is 6.58. The number of aliphatic hydroxyl groups is 1. The number of β-amino-alcohol motifs (C(OH)–C–C–N with tert-alkyl or cyclic N) is 1. The summed E-state index contributed by atoms with van der Waals surface area (Å²) in [6.07, 6.45) is 2.47.